The number of hydrogen-bond donors (Lipinski definition) is 2. The minimum Gasteiger partial charge on any atom is -0.389 e. The standard InChI is InChI=1S/C28H28Cl3N3O4S/c1-4-39(37,38)19-8-5-7-17(13-19)18-11-12-24(22(31)14-18)34-15-23(27(35)32-16-28(2,3)36)33-26(34)25-20(29)9-6-10-21(25)30/h5-14,23,36H,4,15-16H2,1-3H3,(H,32,35). The normalized spacial score (nSPS) is 15.8. The van der Waals surface area contributed by atoms with Gasteiger partial charge < -0.3 is 15.3 Å². The second-order valence-electron chi connectivity index (χ2n) is 9.80. The summed E-state index contributed by atoms with van der Waals surface area (Å²) in [7, 11) is -3.37. The zero-order valence-corrected chi connectivity index (χ0v) is 24.7. The van der Waals surface area contributed by atoms with E-state index in [4.69, 9.17) is 34.8 Å². The van der Waals surface area contributed by atoms with Crippen molar-refractivity contribution < 1.29 is 18.3 Å². The van der Waals surface area contributed by atoms with Crippen LogP contribution in [0.1, 0.15) is 26.3 Å². The molecule has 1 amide bonds. The summed E-state index contributed by atoms with van der Waals surface area (Å²) < 4.78 is 24.8. The maximum atomic E-state index is 13.0. The monoisotopic (exact) mass is 607 g/mol. The second-order valence-corrected chi connectivity index (χ2v) is 13.3. The van der Waals surface area contributed by atoms with Crippen LogP contribution in [0.2, 0.25) is 15.1 Å². The van der Waals surface area contributed by atoms with Gasteiger partial charge in [-0.05, 0) is 61.4 Å². The Morgan fingerprint density at radius 2 is 1.67 bits per heavy atom. The molecule has 0 aromatic heterocycles. The van der Waals surface area contributed by atoms with Crippen LogP contribution < -0.4 is 10.2 Å². The Labute approximate surface area is 243 Å². The Balaban J connectivity index is 1.72. The van der Waals surface area contributed by atoms with Crippen molar-refractivity contribution in [2.24, 2.45) is 4.99 Å². The van der Waals surface area contributed by atoms with Crippen molar-refractivity contribution in [1.82, 2.24) is 5.32 Å². The molecule has 4 rings (SSSR count). The van der Waals surface area contributed by atoms with Crippen LogP contribution >= 0.6 is 34.8 Å². The van der Waals surface area contributed by atoms with E-state index in [-0.39, 0.29) is 29.6 Å². The molecule has 3 aromatic rings. The van der Waals surface area contributed by atoms with Gasteiger partial charge >= 0.3 is 0 Å². The number of nitrogens with zero attached hydrogens (tertiary/aromatic N) is 2. The van der Waals surface area contributed by atoms with Crippen molar-refractivity contribution in [2.45, 2.75) is 37.3 Å². The quantitative estimate of drug-likeness (QED) is 0.345. The van der Waals surface area contributed by atoms with E-state index < -0.39 is 21.5 Å². The van der Waals surface area contributed by atoms with Gasteiger partial charge in [0.25, 0.3) is 0 Å². The zero-order chi connectivity index (χ0) is 28.5. The average molecular weight is 609 g/mol. The highest BCUT2D eigenvalue weighted by molar-refractivity contribution is 7.91. The molecule has 0 spiro atoms. The number of amidine groups is 1. The fourth-order valence-corrected chi connectivity index (χ4v) is 5.92. The van der Waals surface area contributed by atoms with Crippen LogP contribution in [0.4, 0.5) is 5.69 Å². The third kappa shape index (κ3) is 6.58. The Kier molecular flexibility index (Phi) is 8.64. The SMILES string of the molecule is CCS(=O)(=O)c1cccc(-c2ccc(N3CC(C(=O)NCC(C)(C)O)N=C3c3c(Cl)cccc3Cl)c(Cl)c2)c1. The Morgan fingerprint density at radius 1 is 1.03 bits per heavy atom. The topological polar surface area (TPSA) is 99.1 Å². The van der Waals surface area contributed by atoms with Crippen molar-refractivity contribution in [2.75, 3.05) is 23.7 Å². The number of anilines is 1. The number of carbonyl (C=O) groups is 1. The van der Waals surface area contributed by atoms with Crippen LogP contribution in [0, 0.1) is 0 Å². The van der Waals surface area contributed by atoms with Gasteiger partial charge in [-0.25, -0.2) is 8.42 Å². The molecule has 11 heteroatoms. The summed E-state index contributed by atoms with van der Waals surface area (Å²) in [5.41, 5.74) is 1.39. The van der Waals surface area contributed by atoms with Gasteiger partial charge in [0, 0.05) is 6.54 Å². The highest BCUT2D eigenvalue weighted by atomic mass is 35.5. The van der Waals surface area contributed by atoms with E-state index in [2.05, 4.69) is 10.3 Å². The van der Waals surface area contributed by atoms with Crippen molar-refractivity contribution in [1.29, 1.82) is 0 Å². The van der Waals surface area contributed by atoms with Crippen molar-refractivity contribution >= 4 is 62.1 Å². The predicted molar refractivity (Wildman–Crippen MR) is 158 cm³/mol. The van der Waals surface area contributed by atoms with E-state index in [1.165, 1.54) is 0 Å². The molecule has 39 heavy (non-hydrogen) atoms. The molecule has 3 aromatic carbocycles. The number of nitrogens with one attached hydrogen (secondary N) is 1. The van der Waals surface area contributed by atoms with Gasteiger partial charge in [-0.15, -0.1) is 0 Å². The smallest absolute Gasteiger partial charge is 0.246 e. The molecule has 0 radical (unpaired) electrons. The van der Waals surface area contributed by atoms with Gasteiger partial charge in [-0.1, -0.05) is 66.0 Å². The molecule has 1 atom stereocenters. The van der Waals surface area contributed by atoms with Gasteiger partial charge in [-0.2, -0.15) is 0 Å². The molecule has 0 aliphatic carbocycles. The first-order valence-electron chi connectivity index (χ1n) is 12.2. The number of aliphatic hydroxyl groups is 1. The molecule has 0 saturated heterocycles. The molecule has 0 fully saturated rings. The van der Waals surface area contributed by atoms with E-state index in [0.717, 1.165) is 5.56 Å². The number of carbonyl (C=O) groups excluding carboxylic acids is 1. The van der Waals surface area contributed by atoms with E-state index >= 15 is 0 Å². The lowest BCUT2D eigenvalue weighted by atomic mass is 10.0. The molecule has 1 aliphatic heterocycles. The fourth-order valence-electron chi connectivity index (χ4n) is 4.14. The summed E-state index contributed by atoms with van der Waals surface area (Å²) in [6.45, 7) is 5.02. The first-order chi connectivity index (χ1) is 18.3. The molecular formula is C28H28Cl3N3O4S. The summed E-state index contributed by atoms with van der Waals surface area (Å²) in [5.74, 6) is 0.0317. The number of hydrogen-bond acceptors (Lipinski definition) is 6. The van der Waals surface area contributed by atoms with Gasteiger partial charge in [0.15, 0.2) is 9.84 Å². The molecule has 1 heterocycles. The van der Waals surface area contributed by atoms with Gasteiger partial charge in [0.1, 0.15) is 11.9 Å². The number of rotatable bonds is 8. The molecular weight excluding hydrogens is 581 g/mol. The predicted octanol–water partition coefficient (Wildman–Crippen LogP) is 5.63. The summed E-state index contributed by atoms with van der Waals surface area (Å²) >= 11 is 19.8. The van der Waals surface area contributed by atoms with Gasteiger partial charge in [0.05, 0.1) is 49.1 Å². The minimum absolute atomic E-state index is 0.00235. The minimum atomic E-state index is -3.37. The summed E-state index contributed by atoms with van der Waals surface area (Å²) in [6, 6.07) is 16.3. The van der Waals surface area contributed by atoms with Crippen LogP contribution in [-0.4, -0.2) is 55.8 Å². The van der Waals surface area contributed by atoms with Gasteiger partial charge in [0.2, 0.25) is 5.91 Å². The molecule has 7 nitrogen and oxygen atoms in total. The first kappa shape index (κ1) is 29.4. The molecule has 206 valence electrons. The lowest BCUT2D eigenvalue weighted by Crippen LogP contribution is -2.44. The van der Waals surface area contributed by atoms with Crippen LogP contribution in [0.25, 0.3) is 11.1 Å². The van der Waals surface area contributed by atoms with E-state index in [9.17, 15) is 18.3 Å². The van der Waals surface area contributed by atoms with Crippen molar-refractivity contribution in [3.63, 3.8) is 0 Å². The number of amides is 1. The molecule has 2 N–H and O–H groups in total. The molecule has 1 unspecified atom stereocenters. The highest BCUT2D eigenvalue weighted by Crippen LogP contribution is 2.37. The molecule has 1 aliphatic rings. The lowest BCUT2D eigenvalue weighted by Gasteiger charge is -2.24. The molecule has 0 saturated carbocycles. The number of sulfone groups is 1. The van der Waals surface area contributed by atoms with Crippen molar-refractivity contribution in [3.8, 4) is 11.1 Å². The van der Waals surface area contributed by atoms with Gasteiger partial charge in [-0.3, -0.25) is 9.79 Å². The maximum absolute atomic E-state index is 13.0. The molecule has 0 bridgehead atoms. The third-order valence-electron chi connectivity index (χ3n) is 6.22. The lowest BCUT2D eigenvalue weighted by molar-refractivity contribution is -0.122. The van der Waals surface area contributed by atoms with E-state index in [0.29, 0.717) is 37.7 Å². The Morgan fingerprint density at radius 3 is 2.28 bits per heavy atom. The zero-order valence-electron chi connectivity index (χ0n) is 21.6. The third-order valence-corrected chi connectivity index (χ3v) is 8.88. The Bertz CT molecular complexity index is 1530. The summed E-state index contributed by atoms with van der Waals surface area (Å²) in [5, 5.41) is 13.9. The van der Waals surface area contributed by atoms with Crippen LogP contribution in [-0.2, 0) is 14.6 Å². The van der Waals surface area contributed by atoms with Crippen molar-refractivity contribution in [3.05, 3.63) is 81.3 Å². The van der Waals surface area contributed by atoms with Crippen LogP contribution in [0.3, 0.4) is 0 Å². The second kappa shape index (κ2) is 11.5. The maximum Gasteiger partial charge on any atom is 0.246 e. The number of benzene rings is 3. The van der Waals surface area contributed by atoms with E-state index in [1.807, 2.05) is 12.1 Å². The van der Waals surface area contributed by atoms with Crippen LogP contribution in [0.15, 0.2) is 70.6 Å². The number of aliphatic imine (C=N–C) groups is 1. The number of halogens is 3. The highest BCUT2D eigenvalue weighted by Gasteiger charge is 2.35. The summed E-state index contributed by atoms with van der Waals surface area (Å²) in [6.07, 6.45) is 0. The van der Waals surface area contributed by atoms with E-state index in [1.54, 1.807) is 74.2 Å². The first-order valence-corrected chi connectivity index (χ1v) is 15.0. The van der Waals surface area contributed by atoms with Crippen LogP contribution in [0.5, 0.6) is 0 Å². The largest absolute Gasteiger partial charge is 0.389 e. The summed E-state index contributed by atoms with van der Waals surface area (Å²) in [4.78, 5) is 19.7. The fraction of sp³-hybridized carbons (Fsp3) is 0.286. The average Bonchev–Trinajstić information content (AvgIpc) is 3.31. The Hall–Kier alpha value is -2.62.